The Morgan fingerprint density at radius 3 is 2.24 bits per heavy atom. The molecular formula is C25H34F2O6. The van der Waals surface area contributed by atoms with E-state index in [0.29, 0.717) is 42.8 Å². The summed E-state index contributed by atoms with van der Waals surface area (Å²) in [5.74, 6) is -3.15. The van der Waals surface area contributed by atoms with Crippen LogP contribution in [-0.2, 0) is 19.1 Å². The quantitative estimate of drug-likeness (QED) is 0.175. The average Bonchev–Trinajstić information content (AvgIpc) is 2.77. The largest absolute Gasteiger partial charge is 0.493 e. The van der Waals surface area contributed by atoms with Crippen molar-refractivity contribution in [1.82, 2.24) is 0 Å². The second kappa shape index (κ2) is 15.0. The van der Waals surface area contributed by atoms with Gasteiger partial charge in [-0.25, -0.2) is 18.4 Å². The van der Waals surface area contributed by atoms with Crippen LogP contribution in [0.2, 0.25) is 0 Å². The highest BCUT2D eigenvalue weighted by Crippen LogP contribution is 2.29. The summed E-state index contributed by atoms with van der Waals surface area (Å²) >= 11 is 0. The molecule has 0 aromatic heterocycles. The van der Waals surface area contributed by atoms with Crippen molar-refractivity contribution in [1.29, 1.82) is 0 Å². The number of carbonyl (C=O) groups excluding carboxylic acids is 2. The van der Waals surface area contributed by atoms with E-state index in [1.807, 2.05) is 0 Å². The summed E-state index contributed by atoms with van der Waals surface area (Å²) in [4.78, 5) is 22.8. The molecule has 8 heteroatoms. The molecule has 1 aromatic rings. The SMILES string of the molecule is C=C(C)C(=O)OCCCCCCCCOc1ccc(/C=C/C(=O)OCC(C)(F)F)cc1OC. The van der Waals surface area contributed by atoms with Crippen molar-refractivity contribution >= 4 is 18.0 Å². The van der Waals surface area contributed by atoms with Crippen molar-refractivity contribution in [2.45, 2.75) is 58.3 Å². The maximum absolute atomic E-state index is 12.7. The van der Waals surface area contributed by atoms with Crippen LogP contribution in [0.15, 0.2) is 36.4 Å². The minimum Gasteiger partial charge on any atom is -0.493 e. The van der Waals surface area contributed by atoms with Crippen LogP contribution in [0.25, 0.3) is 6.08 Å². The van der Waals surface area contributed by atoms with Crippen LogP contribution in [0.1, 0.15) is 57.9 Å². The number of hydrogen-bond acceptors (Lipinski definition) is 6. The van der Waals surface area contributed by atoms with Gasteiger partial charge in [-0.2, -0.15) is 0 Å². The Bertz CT molecular complexity index is 799. The van der Waals surface area contributed by atoms with Crippen molar-refractivity contribution in [2.24, 2.45) is 0 Å². The van der Waals surface area contributed by atoms with Gasteiger partial charge >= 0.3 is 11.9 Å². The highest BCUT2D eigenvalue weighted by molar-refractivity contribution is 5.87. The predicted molar refractivity (Wildman–Crippen MR) is 123 cm³/mol. The fourth-order valence-electron chi connectivity index (χ4n) is 2.70. The number of benzene rings is 1. The average molecular weight is 469 g/mol. The molecule has 1 aromatic carbocycles. The molecule has 33 heavy (non-hydrogen) atoms. The molecule has 0 aliphatic carbocycles. The Labute approximate surface area is 194 Å². The first-order valence-corrected chi connectivity index (χ1v) is 11.0. The minimum absolute atomic E-state index is 0.339. The number of ether oxygens (including phenoxy) is 4. The number of alkyl halides is 2. The van der Waals surface area contributed by atoms with E-state index in [4.69, 9.17) is 14.2 Å². The molecule has 0 aliphatic rings. The van der Waals surface area contributed by atoms with Gasteiger partial charge in [-0.1, -0.05) is 38.3 Å². The van der Waals surface area contributed by atoms with Gasteiger partial charge in [-0.3, -0.25) is 0 Å². The Kier molecular flexibility index (Phi) is 12.8. The molecule has 0 amide bonds. The van der Waals surface area contributed by atoms with Crippen molar-refractivity contribution in [3.05, 3.63) is 42.0 Å². The van der Waals surface area contributed by atoms with Gasteiger partial charge in [0.1, 0.15) is 0 Å². The van der Waals surface area contributed by atoms with Gasteiger partial charge < -0.3 is 18.9 Å². The lowest BCUT2D eigenvalue weighted by molar-refractivity contribution is -0.147. The Morgan fingerprint density at radius 1 is 1.00 bits per heavy atom. The smallest absolute Gasteiger partial charge is 0.333 e. The van der Waals surface area contributed by atoms with E-state index in [-0.39, 0.29) is 5.97 Å². The topological polar surface area (TPSA) is 71.1 Å². The molecule has 0 saturated carbocycles. The number of halogens is 2. The van der Waals surface area contributed by atoms with E-state index in [1.165, 1.54) is 13.2 Å². The van der Waals surface area contributed by atoms with Gasteiger partial charge in [-0.05, 0) is 43.5 Å². The zero-order valence-electron chi connectivity index (χ0n) is 19.7. The lowest BCUT2D eigenvalue weighted by Gasteiger charge is -2.11. The summed E-state index contributed by atoms with van der Waals surface area (Å²) in [6.45, 7) is 5.86. The third kappa shape index (κ3) is 13.3. The molecule has 0 fully saturated rings. The Balaban J connectivity index is 2.28. The van der Waals surface area contributed by atoms with Crippen molar-refractivity contribution < 1.29 is 37.3 Å². The summed E-state index contributed by atoms with van der Waals surface area (Å²) < 4.78 is 46.1. The number of methoxy groups -OCH3 is 1. The molecule has 1 rings (SSSR count). The molecular weight excluding hydrogens is 434 g/mol. The van der Waals surface area contributed by atoms with E-state index in [2.05, 4.69) is 11.3 Å². The van der Waals surface area contributed by atoms with Gasteiger partial charge in [0.25, 0.3) is 5.92 Å². The van der Waals surface area contributed by atoms with E-state index in [1.54, 1.807) is 25.1 Å². The van der Waals surface area contributed by atoms with Crippen LogP contribution >= 0.6 is 0 Å². The lowest BCUT2D eigenvalue weighted by Crippen LogP contribution is -2.20. The summed E-state index contributed by atoms with van der Waals surface area (Å²) in [6.07, 6.45) is 8.44. The molecule has 0 unspecified atom stereocenters. The van der Waals surface area contributed by atoms with Crippen LogP contribution in [0.5, 0.6) is 11.5 Å². The fraction of sp³-hybridized carbons (Fsp3) is 0.520. The Morgan fingerprint density at radius 2 is 1.64 bits per heavy atom. The van der Waals surface area contributed by atoms with Crippen molar-refractivity contribution in [3.8, 4) is 11.5 Å². The summed E-state index contributed by atoms with van der Waals surface area (Å²) in [7, 11) is 1.51. The van der Waals surface area contributed by atoms with E-state index >= 15 is 0 Å². The van der Waals surface area contributed by atoms with Crippen LogP contribution < -0.4 is 9.47 Å². The van der Waals surface area contributed by atoms with Gasteiger partial charge in [-0.15, -0.1) is 0 Å². The van der Waals surface area contributed by atoms with Gasteiger partial charge in [0.05, 0.1) is 20.3 Å². The van der Waals surface area contributed by atoms with Gasteiger partial charge in [0.2, 0.25) is 0 Å². The van der Waals surface area contributed by atoms with Crippen LogP contribution in [0.4, 0.5) is 8.78 Å². The van der Waals surface area contributed by atoms with Gasteiger partial charge in [0.15, 0.2) is 18.1 Å². The van der Waals surface area contributed by atoms with Crippen molar-refractivity contribution in [2.75, 3.05) is 26.9 Å². The highest BCUT2D eigenvalue weighted by atomic mass is 19.3. The maximum atomic E-state index is 12.7. The standard InChI is InChI=1S/C25H34F2O6/c1-19(2)24(29)32-16-10-8-6-5-7-9-15-31-21-13-11-20(17-22(21)30-4)12-14-23(28)33-18-25(3,26)27/h11-14,17H,1,5-10,15-16,18H2,2-4H3/b14-12+. The first-order valence-electron chi connectivity index (χ1n) is 11.0. The molecule has 0 spiro atoms. The van der Waals surface area contributed by atoms with Crippen LogP contribution in [0.3, 0.4) is 0 Å². The molecule has 0 radical (unpaired) electrons. The second-order valence-electron chi connectivity index (χ2n) is 7.81. The molecule has 6 nitrogen and oxygen atoms in total. The first-order chi connectivity index (χ1) is 15.6. The maximum Gasteiger partial charge on any atom is 0.333 e. The normalized spacial score (nSPS) is 11.3. The third-order valence-electron chi connectivity index (χ3n) is 4.45. The number of rotatable bonds is 16. The fourth-order valence-corrected chi connectivity index (χ4v) is 2.70. The minimum atomic E-state index is -3.06. The number of esters is 2. The highest BCUT2D eigenvalue weighted by Gasteiger charge is 2.22. The summed E-state index contributed by atoms with van der Waals surface area (Å²) in [5, 5.41) is 0. The number of carbonyl (C=O) groups is 2. The van der Waals surface area contributed by atoms with E-state index in [9.17, 15) is 18.4 Å². The van der Waals surface area contributed by atoms with E-state index in [0.717, 1.165) is 44.6 Å². The molecule has 0 atom stereocenters. The summed E-state index contributed by atoms with van der Waals surface area (Å²) in [6, 6.07) is 5.15. The van der Waals surface area contributed by atoms with Crippen LogP contribution in [0, 0.1) is 0 Å². The molecule has 0 bridgehead atoms. The van der Waals surface area contributed by atoms with Gasteiger partial charge in [0, 0.05) is 18.6 Å². The molecule has 0 N–H and O–H groups in total. The molecule has 184 valence electrons. The number of unbranched alkanes of at least 4 members (excludes halogenated alkanes) is 5. The van der Waals surface area contributed by atoms with Crippen molar-refractivity contribution in [3.63, 3.8) is 0 Å². The summed E-state index contributed by atoms with van der Waals surface area (Å²) in [5.41, 5.74) is 1.06. The zero-order valence-corrected chi connectivity index (χ0v) is 19.7. The predicted octanol–water partition coefficient (Wildman–Crippen LogP) is 5.75. The molecule has 0 saturated heterocycles. The number of hydrogen-bond donors (Lipinski definition) is 0. The second-order valence-corrected chi connectivity index (χ2v) is 7.81. The first kappa shape index (κ1) is 28.1. The lowest BCUT2D eigenvalue weighted by atomic mass is 10.1. The molecule has 0 aliphatic heterocycles. The Hall–Kier alpha value is -2.90. The van der Waals surface area contributed by atoms with E-state index < -0.39 is 18.5 Å². The molecule has 0 heterocycles. The third-order valence-corrected chi connectivity index (χ3v) is 4.45. The monoisotopic (exact) mass is 468 g/mol. The van der Waals surface area contributed by atoms with Crippen LogP contribution in [-0.4, -0.2) is 44.8 Å². The zero-order chi connectivity index (χ0) is 24.7.